The van der Waals surface area contributed by atoms with Crippen molar-refractivity contribution in [3.05, 3.63) is 59.9 Å². The molecule has 1 heterocycles. The molecular weight excluding hydrogens is 278 g/mol. The molecule has 3 heteroatoms. The summed E-state index contributed by atoms with van der Waals surface area (Å²) in [5.41, 5.74) is 2.43. The molecule has 0 aliphatic heterocycles. The first-order valence-electron chi connectivity index (χ1n) is 5.47. The lowest BCUT2D eigenvalue weighted by molar-refractivity contribution is 0.409. The van der Waals surface area contributed by atoms with Crippen LogP contribution in [0.2, 0.25) is 0 Å². The minimum atomic E-state index is 0.279. The standard InChI is InChI=1S/C14H14BrNO/c1-17-14-5-3-2-4-12(14)10-13(15)11-6-8-16-9-7-11/h2-9,13H,10H2,1H3. The first kappa shape index (κ1) is 12.1. The van der Waals surface area contributed by atoms with Crippen LogP contribution in [0.25, 0.3) is 0 Å². The van der Waals surface area contributed by atoms with Crippen molar-refractivity contribution in [2.75, 3.05) is 7.11 Å². The molecule has 2 rings (SSSR count). The van der Waals surface area contributed by atoms with Gasteiger partial charge in [-0.15, -0.1) is 0 Å². The fourth-order valence-electron chi connectivity index (χ4n) is 1.75. The summed E-state index contributed by atoms with van der Waals surface area (Å²) in [6.45, 7) is 0. The van der Waals surface area contributed by atoms with Crippen molar-refractivity contribution >= 4 is 15.9 Å². The summed E-state index contributed by atoms with van der Waals surface area (Å²) in [6, 6.07) is 12.1. The van der Waals surface area contributed by atoms with Gasteiger partial charge in [-0.3, -0.25) is 4.98 Å². The molecule has 0 saturated carbocycles. The fraction of sp³-hybridized carbons (Fsp3) is 0.214. The second kappa shape index (κ2) is 5.82. The Hall–Kier alpha value is -1.35. The Kier molecular flexibility index (Phi) is 4.15. The van der Waals surface area contributed by atoms with Gasteiger partial charge < -0.3 is 4.74 Å². The van der Waals surface area contributed by atoms with Crippen molar-refractivity contribution < 1.29 is 4.74 Å². The van der Waals surface area contributed by atoms with Crippen molar-refractivity contribution in [1.82, 2.24) is 4.98 Å². The van der Waals surface area contributed by atoms with Crippen molar-refractivity contribution in [1.29, 1.82) is 0 Å². The Morgan fingerprint density at radius 2 is 1.88 bits per heavy atom. The van der Waals surface area contributed by atoms with Crippen LogP contribution < -0.4 is 4.74 Å². The summed E-state index contributed by atoms with van der Waals surface area (Å²) in [4.78, 5) is 4.30. The van der Waals surface area contributed by atoms with Crippen LogP contribution in [-0.4, -0.2) is 12.1 Å². The van der Waals surface area contributed by atoms with Crippen LogP contribution in [0.1, 0.15) is 16.0 Å². The fourth-order valence-corrected chi connectivity index (χ4v) is 2.41. The molecule has 0 radical (unpaired) electrons. The van der Waals surface area contributed by atoms with Gasteiger partial charge in [0.25, 0.3) is 0 Å². The molecule has 17 heavy (non-hydrogen) atoms. The van der Waals surface area contributed by atoms with Crippen LogP contribution in [0.15, 0.2) is 48.8 Å². The largest absolute Gasteiger partial charge is 0.496 e. The Labute approximate surface area is 110 Å². The number of aromatic nitrogens is 1. The average Bonchev–Trinajstić information content (AvgIpc) is 2.40. The quantitative estimate of drug-likeness (QED) is 0.800. The van der Waals surface area contributed by atoms with Crippen molar-refractivity contribution in [3.8, 4) is 5.75 Å². The Morgan fingerprint density at radius 1 is 1.18 bits per heavy atom. The number of alkyl halides is 1. The number of pyridine rings is 1. The molecule has 0 N–H and O–H groups in total. The van der Waals surface area contributed by atoms with Crippen LogP contribution in [0, 0.1) is 0 Å². The molecule has 0 aliphatic rings. The van der Waals surface area contributed by atoms with E-state index in [4.69, 9.17) is 4.74 Å². The van der Waals surface area contributed by atoms with E-state index >= 15 is 0 Å². The number of halogens is 1. The normalized spacial score (nSPS) is 12.1. The van der Waals surface area contributed by atoms with Crippen molar-refractivity contribution in [2.45, 2.75) is 11.2 Å². The molecule has 1 aromatic carbocycles. The number of nitrogens with zero attached hydrogens (tertiary/aromatic N) is 1. The summed E-state index contributed by atoms with van der Waals surface area (Å²) in [5.74, 6) is 0.936. The van der Waals surface area contributed by atoms with E-state index in [0.29, 0.717) is 0 Å². The lowest BCUT2D eigenvalue weighted by Crippen LogP contribution is -1.98. The summed E-state index contributed by atoms with van der Waals surface area (Å²) in [6.07, 6.45) is 4.52. The van der Waals surface area contributed by atoms with Gasteiger partial charge in [0.05, 0.1) is 7.11 Å². The van der Waals surface area contributed by atoms with E-state index in [1.54, 1.807) is 7.11 Å². The van der Waals surface area contributed by atoms with Gasteiger partial charge in [-0.05, 0) is 35.7 Å². The second-order valence-corrected chi connectivity index (χ2v) is 4.87. The van der Waals surface area contributed by atoms with Gasteiger partial charge in [0.15, 0.2) is 0 Å². The minimum absolute atomic E-state index is 0.279. The van der Waals surface area contributed by atoms with Crippen molar-refractivity contribution in [3.63, 3.8) is 0 Å². The molecule has 0 aliphatic carbocycles. The minimum Gasteiger partial charge on any atom is -0.496 e. The molecule has 2 aromatic rings. The number of benzene rings is 1. The van der Waals surface area contributed by atoms with Gasteiger partial charge >= 0.3 is 0 Å². The maximum Gasteiger partial charge on any atom is 0.122 e. The van der Waals surface area contributed by atoms with Gasteiger partial charge in [-0.25, -0.2) is 0 Å². The maximum absolute atomic E-state index is 5.35. The molecule has 1 atom stereocenters. The van der Waals surface area contributed by atoms with Gasteiger partial charge in [-0.2, -0.15) is 0 Å². The molecule has 1 unspecified atom stereocenters. The van der Waals surface area contributed by atoms with Gasteiger partial charge in [0.1, 0.15) is 5.75 Å². The molecule has 0 saturated heterocycles. The SMILES string of the molecule is COc1ccccc1CC(Br)c1ccncc1. The third-order valence-electron chi connectivity index (χ3n) is 2.66. The van der Waals surface area contributed by atoms with Crippen LogP contribution in [0.3, 0.4) is 0 Å². The third-order valence-corrected chi connectivity index (χ3v) is 3.51. The van der Waals surface area contributed by atoms with Gasteiger partial charge in [0.2, 0.25) is 0 Å². The predicted octanol–water partition coefficient (Wildman–Crippen LogP) is 3.77. The van der Waals surface area contributed by atoms with E-state index in [0.717, 1.165) is 12.2 Å². The smallest absolute Gasteiger partial charge is 0.122 e. The number of para-hydroxylation sites is 1. The van der Waals surface area contributed by atoms with E-state index in [1.807, 2.05) is 42.7 Å². The number of methoxy groups -OCH3 is 1. The van der Waals surface area contributed by atoms with E-state index < -0.39 is 0 Å². The topological polar surface area (TPSA) is 22.1 Å². The zero-order valence-corrected chi connectivity index (χ0v) is 11.2. The molecular formula is C14H14BrNO. The van der Waals surface area contributed by atoms with E-state index in [2.05, 4.69) is 27.0 Å². The van der Waals surface area contributed by atoms with Crippen LogP contribution in [0.4, 0.5) is 0 Å². The molecule has 0 spiro atoms. The highest BCUT2D eigenvalue weighted by atomic mass is 79.9. The Morgan fingerprint density at radius 3 is 2.59 bits per heavy atom. The highest BCUT2D eigenvalue weighted by molar-refractivity contribution is 9.09. The van der Waals surface area contributed by atoms with Gasteiger partial charge in [0, 0.05) is 17.2 Å². The first-order valence-corrected chi connectivity index (χ1v) is 6.38. The molecule has 0 bridgehead atoms. The second-order valence-electron chi connectivity index (χ2n) is 3.76. The summed E-state index contributed by atoms with van der Waals surface area (Å²) >= 11 is 3.70. The number of ether oxygens (including phenoxy) is 1. The van der Waals surface area contributed by atoms with Crippen LogP contribution in [-0.2, 0) is 6.42 Å². The van der Waals surface area contributed by atoms with E-state index in [9.17, 15) is 0 Å². The highest BCUT2D eigenvalue weighted by Gasteiger charge is 2.11. The zero-order valence-electron chi connectivity index (χ0n) is 9.64. The number of hydrogen-bond donors (Lipinski definition) is 0. The molecule has 1 aromatic heterocycles. The van der Waals surface area contributed by atoms with Crippen LogP contribution in [0.5, 0.6) is 5.75 Å². The molecule has 2 nitrogen and oxygen atoms in total. The van der Waals surface area contributed by atoms with Gasteiger partial charge in [-0.1, -0.05) is 34.1 Å². The van der Waals surface area contributed by atoms with Crippen molar-refractivity contribution in [2.24, 2.45) is 0 Å². The molecule has 88 valence electrons. The molecule has 0 fully saturated rings. The number of rotatable bonds is 4. The summed E-state index contributed by atoms with van der Waals surface area (Å²) in [7, 11) is 1.70. The summed E-state index contributed by atoms with van der Waals surface area (Å²) in [5, 5.41) is 0. The molecule has 0 amide bonds. The Bertz CT molecular complexity index is 473. The first-order chi connectivity index (χ1) is 8.31. The zero-order chi connectivity index (χ0) is 12.1. The van der Waals surface area contributed by atoms with Crippen LogP contribution >= 0.6 is 15.9 Å². The monoisotopic (exact) mass is 291 g/mol. The van der Waals surface area contributed by atoms with E-state index in [1.165, 1.54) is 11.1 Å². The number of hydrogen-bond acceptors (Lipinski definition) is 2. The Balaban J connectivity index is 2.16. The highest BCUT2D eigenvalue weighted by Crippen LogP contribution is 2.30. The predicted molar refractivity (Wildman–Crippen MR) is 72.6 cm³/mol. The lowest BCUT2D eigenvalue weighted by atomic mass is 10.0. The lowest BCUT2D eigenvalue weighted by Gasteiger charge is -2.12. The summed E-state index contributed by atoms with van der Waals surface area (Å²) < 4.78 is 5.35. The van der Waals surface area contributed by atoms with E-state index in [-0.39, 0.29) is 4.83 Å². The average molecular weight is 292 g/mol. The maximum atomic E-state index is 5.35. The third kappa shape index (κ3) is 3.07.